The van der Waals surface area contributed by atoms with Gasteiger partial charge in [-0.3, -0.25) is 0 Å². The van der Waals surface area contributed by atoms with Gasteiger partial charge in [-0.25, -0.2) is 0 Å². The molecule has 1 aliphatic rings. The van der Waals surface area contributed by atoms with E-state index in [9.17, 15) is 0 Å². The molecule has 2 atom stereocenters. The first-order valence-corrected chi connectivity index (χ1v) is 12.8. The molecule has 0 amide bonds. The van der Waals surface area contributed by atoms with Gasteiger partial charge in [0, 0.05) is 6.10 Å². The van der Waals surface area contributed by atoms with Gasteiger partial charge in [0.2, 0.25) is 0 Å². The molecule has 1 aliphatic carbocycles. The van der Waals surface area contributed by atoms with Gasteiger partial charge in [0.25, 0.3) is 0 Å². The maximum absolute atomic E-state index is 7.06. The molecule has 0 aromatic carbocycles. The van der Waals surface area contributed by atoms with E-state index in [0.717, 1.165) is 11.8 Å². The van der Waals surface area contributed by atoms with Crippen LogP contribution in [0.5, 0.6) is 0 Å². The fourth-order valence-corrected chi connectivity index (χ4v) is 9.37. The Hall–Kier alpha value is 0.177. The van der Waals surface area contributed by atoms with Gasteiger partial charge >= 0.3 is 0 Å². The number of unbranched alkanes of at least 4 members (excludes halogenated alkanes) is 3. The van der Waals surface area contributed by atoms with Gasteiger partial charge in [-0.1, -0.05) is 73.1 Å². The van der Waals surface area contributed by atoms with Crippen LogP contribution in [0.25, 0.3) is 0 Å². The predicted octanol–water partition coefficient (Wildman–Crippen LogP) is 7.17. The normalized spacial score (nSPS) is 26.3. The summed E-state index contributed by atoms with van der Waals surface area (Å²) >= 11 is 0. The second-order valence-electron chi connectivity index (χ2n) is 8.15. The Morgan fingerprint density at radius 1 is 0.727 bits per heavy atom. The largest absolute Gasteiger partial charge is 0.414 e. The van der Waals surface area contributed by atoms with Gasteiger partial charge in [0.05, 0.1) is 0 Å². The first-order chi connectivity index (χ1) is 10.5. The summed E-state index contributed by atoms with van der Waals surface area (Å²) in [6, 6.07) is 4.26. The highest BCUT2D eigenvalue weighted by atomic mass is 28.4. The summed E-state index contributed by atoms with van der Waals surface area (Å²) in [6.45, 7) is 11.9. The summed E-state index contributed by atoms with van der Waals surface area (Å²) < 4.78 is 7.06. The zero-order valence-corrected chi connectivity index (χ0v) is 17.1. The maximum Gasteiger partial charge on any atom is 0.193 e. The van der Waals surface area contributed by atoms with E-state index in [1.165, 1.54) is 75.9 Å². The van der Waals surface area contributed by atoms with Crippen molar-refractivity contribution >= 4 is 8.32 Å². The lowest BCUT2D eigenvalue weighted by Gasteiger charge is -2.40. The topological polar surface area (TPSA) is 9.23 Å². The molecule has 2 unspecified atom stereocenters. The van der Waals surface area contributed by atoms with Crippen molar-refractivity contribution < 1.29 is 4.43 Å². The molecule has 0 spiro atoms. The van der Waals surface area contributed by atoms with Gasteiger partial charge in [-0.15, -0.1) is 0 Å². The molecule has 22 heavy (non-hydrogen) atoms. The van der Waals surface area contributed by atoms with Crippen molar-refractivity contribution in [1.29, 1.82) is 0 Å². The number of hydrogen-bond acceptors (Lipinski definition) is 1. The third-order valence-corrected chi connectivity index (χ3v) is 10.1. The smallest absolute Gasteiger partial charge is 0.193 e. The summed E-state index contributed by atoms with van der Waals surface area (Å²) in [5, 5.41) is 0. The third-order valence-electron chi connectivity index (χ3n) is 5.51. The Kier molecular flexibility index (Phi) is 9.98. The first kappa shape index (κ1) is 20.2. The van der Waals surface area contributed by atoms with Crippen LogP contribution in [-0.2, 0) is 4.43 Å². The van der Waals surface area contributed by atoms with Crippen LogP contribution in [0, 0.1) is 11.8 Å². The van der Waals surface area contributed by atoms with Crippen molar-refractivity contribution in [2.24, 2.45) is 11.8 Å². The van der Waals surface area contributed by atoms with E-state index >= 15 is 0 Å². The summed E-state index contributed by atoms with van der Waals surface area (Å²) in [7, 11) is -1.51. The minimum Gasteiger partial charge on any atom is -0.414 e. The highest BCUT2D eigenvalue weighted by Crippen LogP contribution is 2.37. The Bertz CT molecular complexity index is 247. The Morgan fingerprint density at radius 2 is 1.14 bits per heavy atom. The first-order valence-electron chi connectivity index (χ1n) is 10.2. The van der Waals surface area contributed by atoms with E-state index in [1.807, 2.05) is 0 Å². The summed E-state index contributed by atoms with van der Waals surface area (Å²) in [5.41, 5.74) is 0. The van der Waals surface area contributed by atoms with Gasteiger partial charge in [-0.05, 0) is 49.2 Å². The molecule has 0 radical (unpaired) electrons. The Balaban J connectivity index is 2.74. The average Bonchev–Trinajstić information content (AvgIpc) is 2.47. The van der Waals surface area contributed by atoms with E-state index in [4.69, 9.17) is 4.43 Å². The second kappa shape index (κ2) is 10.9. The molecule has 1 nitrogen and oxygen atoms in total. The molecule has 0 saturated heterocycles. The van der Waals surface area contributed by atoms with Crippen molar-refractivity contribution in [2.75, 3.05) is 0 Å². The molecule has 0 N–H and O–H groups in total. The van der Waals surface area contributed by atoms with Crippen LogP contribution in [0.3, 0.4) is 0 Å². The van der Waals surface area contributed by atoms with E-state index in [2.05, 4.69) is 34.6 Å². The van der Waals surface area contributed by atoms with E-state index in [1.54, 1.807) is 0 Å². The molecule has 0 heterocycles. The molecule has 1 saturated carbocycles. The van der Waals surface area contributed by atoms with Gasteiger partial charge in [0.15, 0.2) is 8.32 Å². The molecule has 1 fully saturated rings. The maximum atomic E-state index is 7.06. The lowest BCUT2D eigenvalue weighted by molar-refractivity contribution is 0.0898. The lowest BCUT2D eigenvalue weighted by Crippen LogP contribution is -2.43. The van der Waals surface area contributed by atoms with Crippen LogP contribution in [0.2, 0.25) is 18.1 Å². The van der Waals surface area contributed by atoms with Gasteiger partial charge < -0.3 is 4.43 Å². The van der Waals surface area contributed by atoms with Crippen LogP contribution in [-0.4, -0.2) is 14.4 Å². The molecule has 0 aliphatic heterocycles. The molecule has 132 valence electrons. The zero-order valence-electron chi connectivity index (χ0n) is 16.1. The van der Waals surface area contributed by atoms with Crippen molar-refractivity contribution in [3.8, 4) is 0 Å². The van der Waals surface area contributed by atoms with Crippen molar-refractivity contribution in [1.82, 2.24) is 0 Å². The molecule has 1 rings (SSSR count). The van der Waals surface area contributed by atoms with Crippen LogP contribution in [0.15, 0.2) is 0 Å². The minimum absolute atomic E-state index is 0.580. The third kappa shape index (κ3) is 7.17. The number of rotatable bonds is 11. The van der Waals surface area contributed by atoms with E-state index in [0.29, 0.717) is 6.10 Å². The van der Waals surface area contributed by atoms with Crippen molar-refractivity contribution in [3.63, 3.8) is 0 Å². The fourth-order valence-electron chi connectivity index (χ4n) is 4.37. The van der Waals surface area contributed by atoms with Crippen LogP contribution < -0.4 is 0 Å². The highest BCUT2D eigenvalue weighted by Gasteiger charge is 2.37. The predicted molar refractivity (Wildman–Crippen MR) is 102 cm³/mol. The molecule has 0 bridgehead atoms. The summed E-state index contributed by atoms with van der Waals surface area (Å²) in [4.78, 5) is 0. The summed E-state index contributed by atoms with van der Waals surface area (Å²) in [6.07, 6.45) is 12.8. The fraction of sp³-hybridized carbons (Fsp3) is 1.00. The van der Waals surface area contributed by atoms with Crippen molar-refractivity contribution in [2.45, 2.75) is 117 Å². The average molecular weight is 327 g/mol. The molecular weight excluding hydrogens is 284 g/mol. The Morgan fingerprint density at radius 3 is 1.50 bits per heavy atom. The standard InChI is InChI=1S/C20H42OSi/c1-6-9-12-22(13-10-7-2,14-11-8-3)21-20-16-18(4)15-19(5)17-20/h18-20H,6-17H2,1-5H3. The summed E-state index contributed by atoms with van der Waals surface area (Å²) in [5.74, 6) is 1.73. The van der Waals surface area contributed by atoms with E-state index < -0.39 is 8.32 Å². The monoisotopic (exact) mass is 326 g/mol. The Labute approximate surface area is 141 Å². The van der Waals surface area contributed by atoms with Gasteiger partial charge in [0.1, 0.15) is 0 Å². The van der Waals surface area contributed by atoms with Crippen LogP contribution in [0.4, 0.5) is 0 Å². The van der Waals surface area contributed by atoms with Crippen LogP contribution >= 0.6 is 0 Å². The van der Waals surface area contributed by atoms with Crippen molar-refractivity contribution in [3.05, 3.63) is 0 Å². The SMILES string of the molecule is CCCC[Si](CCCC)(CCCC)OC1CC(C)CC(C)C1. The molecule has 0 aromatic rings. The molecular formula is C20H42OSi. The van der Waals surface area contributed by atoms with E-state index in [-0.39, 0.29) is 0 Å². The highest BCUT2D eigenvalue weighted by molar-refractivity contribution is 6.73. The van der Waals surface area contributed by atoms with Gasteiger partial charge in [-0.2, -0.15) is 0 Å². The minimum atomic E-state index is -1.51. The lowest BCUT2D eigenvalue weighted by atomic mass is 9.82. The second-order valence-corrected chi connectivity index (χ2v) is 12.3. The molecule has 2 heteroatoms. The quantitative estimate of drug-likeness (QED) is 0.365. The zero-order chi connectivity index (χ0) is 16.4. The number of hydrogen-bond donors (Lipinski definition) is 0. The van der Waals surface area contributed by atoms with Crippen LogP contribution in [0.1, 0.15) is 92.4 Å². The molecule has 0 aromatic heterocycles.